The summed E-state index contributed by atoms with van der Waals surface area (Å²) in [4.78, 5) is 13.2. The molecule has 7 heteroatoms. The van der Waals surface area contributed by atoms with E-state index in [1.807, 2.05) is 30.3 Å². The molecule has 0 radical (unpaired) electrons. The van der Waals surface area contributed by atoms with Crippen LogP contribution in [-0.2, 0) is 13.1 Å². The molecule has 0 aliphatic heterocycles. The Kier molecular flexibility index (Phi) is 6.01. The van der Waals surface area contributed by atoms with Gasteiger partial charge in [-0.1, -0.05) is 44.2 Å². The van der Waals surface area contributed by atoms with Gasteiger partial charge in [0.05, 0.1) is 25.0 Å². The predicted molar refractivity (Wildman–Crippen MR) is 105 cm³/mol. The molecular weight excluding hydrogens is 346 g/mol. The summed E-state index contributed by atoms with van der Waals surface area (Å²) in [6.07, 6.45) is 1.74. The van der Waals surface area contributed by atoms with Gasteiger partial charge in [-0.3, -0.25) is 4.99 Å². The molecule has 0 spiro atoms. The topological polar surface area (TPSA) is 75.3 Å². The Morgan fingerprint density at radius 2 is 1.96 bits per heavy atom. The fraction of sp³-hybridized carbons (Fsp3) is 0.316. The van der Waals surface area contributed by atoms with Crippen LogP contribution in [0.5, 0.6) is 0 Å². The van der Waals surface area contributed by atoms with Crippen molar-refractivity contribution in [2.75, 3.05) is 7.05 Å². The summed E-state index contributed by atoms with van der Waals surface area (Å²) in [6, 6.07) is 9.93. The number of nitrogens with one attached hydrogen (secondary N) is 2. The van der Waals surface area contributed by atoms with Gasteiger partial charge in [0.15, 0.2) is 11.7 Å². The molecule has 0 atom stereocenters. The van der Waals surface area contributed by atoms with Crippen molar-refractivity contribution in [3.05, 3.63) is 58.5 Å². The van der Waals surface area contributed by atoms with Crippen molar-refractivity contribution in [3.63, 3.8) is 0 Å². The Bertz CT molecular complexity index is 854. The third-order valence-corrected chi connectivity index (χ3v) is 4.68. The Morgan fingerprint density at radius 3 is 2.65 bits per heavy atom. The molecule has 0 bridgehead atoms. The average Bonchev–Trinajstić information content (AvgIpc) is 3.32. The minimum Gasteiger partial charge on any atom is -0.439 e. The fourth-order valence-corrected chi connectivity index (χ4v) is 3.23. The number of hydrogen-bond acceptors (Lipinski definition) is 5. The lowest BCUT2D eigenvalue weighted by molar-refractivity contribution is 0.497. The van der Waals surface area contributed by atoms with Crippen LogP contribution in [0, 0.1) is 0 Å². The molecule has 0 saturated heterocycles. The monoisotopic (exact) mass is 369 g/mol. The first-order valence-electron chi connectivity index (χ1n) is 8.54. The van der Waals surface area contributed by atoms with Crippen molar-refractivity contribution >= 4 is 17.3 Å². The number of guanidine groups is 1. The zero-order valence-corrected chi connectivity index (χ0v) is 16.0. The highest BCUT2D eigenvalue weighted by atomic mass is 32.1. The summed E-state index contributed by atoms with van der Waals surface area (Å²) in [7, 11) is 1.74. The van der Waals surface area contributed by atoms with Gasteiger partial charge in [-0.25, -0.2) is 9.97 Å². The lowest BCUT2D eigenvalue weighted by Gasteiger charge is -2.09. The van der Waals surface area contributed by atoms with Crippen LogP contribution in [0.3, 0.4) is 0 Å². The van der Waals surface area contributed by atoms with Gasteiger partial charge in [0.2, 0.25) is 5.89 Å². The number of aliphatic imine (C=N–C) groups is 1. The average molecular weight is 369 g/mol. The summed E-state index contributed by atoms with van der Waals surface area (Å²) >= 11 is 1.66. The van der Waals surface area contributed by atoms with Crippen molar-refractivity contribution < 1.29 is 4.42 Å². The standard InChI is InChI=1S/C19H23N5OS/c1-13(2)15-12-26-18(24-15)11-23-19(20-3)22-10-17-21-9-16(25-17)14-7-5-4-6-8-14/h4-9,12-13H,10-11H2,1-3H3,(H2,20,22,23). The number of hydrogen-bond donors (Lipinski definition) is 2. The van der Waals surface area contributed by atoms with E-state index in [2.05, 4.69) is 44.8 Å². The molecule has 2 heterocycles. The van der Waals surface area contributed by atoms with Crippen molar-refractivity contribution in [2.24, 2.45) is 4.99 Å². The van der Waals surface area contributed by atoms with E-state index in [4.69, 9.17) is 4.42 Å². The van der Waals surface area contributed by atoms with Gasteiger partial charge in [0, 0.05) is 18.0 Å². The maximum absolute atomic E-state index is 5.79. The molecule has 0 unspecified atom stereocenters. The second kappa shape index (κ2) is 8.62. The summed E-state index contributed by atoms with van der Waals surface area (Å²) in [5, 5.41) is 9.62. The van der Waals surface area contributed by atoms with Gasteiger partial charge in [-0.05, 0) is 5.92 Å². The highest BCUT2D eigenvalue weighted by Gasteiger charge is 2.08. The van der Waals surface area contributed by atoms with Gasteiger partial charge < -0.3 is 15.1 Å². The SMILES string of the molecule is CN=C(NCc1ncc(-c2ccccc2)o1)NCc1nc(C(C)C)cs1. The predicted octanol–water partition coefficient (Wildman–Crippen LogP) is 3.79. The fourth-order valence-electron chi connectivity index (χ4n) is 2.34. The first-order valence-corrected chi connectivity index (χ1v) is 9.42. The van der Waals surface area contributed by atoms with Gasteiger partial charge in [0.25, 0.3) is 0 Å². The summed E-state index contributed by atoms with van der Waals surface area (Å²) in [6.45, 7) is 5.39. The molecule has 26 heavy (non-hydrogen) atoms. The Labute approximate surface area is 157 Å². The molecule has 0 aliphatic carbocycles. The number of benzene rings is 1. The molecule has 0 saturated carbocycles. The Morgan fingerprint density at radius 1 is 1.19 bits per heavy atom. The largest absolute Gasteiger partial charge is 0.439 e. The number of thiazole rings is 1. The maximum atomic E-state index is 5.79. The zero-order chi connectivity index (χ0) is 18.4. The summed E-state index contributed by atoms with van der Waals surface area (Å²) < 4.78 is 5.79. The van der Waals surface area contributed by atoms with E-state index < -0.39 is 0 Å². The summed E-state index contributed by atoms with van der Waals surface area (Å²) in [5.74, 6) is 2.50. The van der Waals surface area contributed by atoms with Crippen LogP contribution >= 0.6 is 11.3 Å². The zero-order valence-electron chi connectivity index (χ0n) is 15.2. The van der Waals surface area contributed by atoms with Gasteiger partial charge in [-0.2, -0.15) is 0 Å². The molecule has 0 amide bonds. The van der Waals surface area contributed by atoms with E-state index in [1.165, 1.54) is 0 Å². The third kappa shape index (κ3) is 4.70. The second-order valence-corrected chi connectivity index (χ2v) is 7.03. The molecule has 6 nitrogen and oxygen atoms in total. The number of oxazole rings is 1. The van der Waals surface area contributed by atoms with Crippen molar-refractivity contribution in [1.82, 2.24) is 20.6 Å². The van der Waals surface area contributed by atoms with E-state index in [9.17, 15) is 0 Å². The van der Waals surface area contributed by atoms with Crippen molar-refractivity contribution in [3.8, 4) is 11.3 Å². The van der Waals surface area contributed by atoms with E-state index in [0.717, 1.165) is 22.0 Å². The second-order valence-electron chi connectivity index (χ2n) is 6.08. The highest BCUT2D eigenvalue weighted by molar-refractivity contribution is 7.09. The lowest BCUT2D eigenvalue weighted by atomic mass is 10.2. The van der Waals surface area contributed by atoms with Crippen molar-refractivity contribution in [2.45, 2.75) is 32.9 Å². The van der Waals surface area contributed by atoms with E-state index in [-0.39, 0.29) is 0 Å². The van der Waals surface area contributed by atoms with Crippen LogP contribution in [0.15, 0.2) is 51.3 Å². The van der Waals surface area contributed by atoms with Gasteiger partial charge >= 0.3 is 0 Å². The smallest absolute Gasteiger partial charge is 0.214 e. The number of aromatic nitrogens is 2. The highest BCUT2D eigenvalue weighted by Crippen LogP contribution is 2.19. The minimum absolute atomic E-state index is 0.446. The Balaban J connectivity index is 1.52. The van der Waals surface area contributed by atoms with Crippen LogP contribution in [0.4, 0.5) is 0 Å². The molecule has 0 aliphatic rings. The number of rotatable bonds is 6. The van der Waals surface area contributed by atoms with Crippen LogP contribution in [-0.4, -0.2) is 23.0 Å². The normalized spacial score (nSPS) is 11.8. The quantitative estimate of drug-likeness (QED) is 0.511. The molecule has 2 aromatic heterocycles. The molecule has 136 valence electrons. The molecule has 2 N–H and O–H groups in total. The maximum Gasteiger partial charge on any atom is 0.214 e. The van der Waals surface area contributed by atoms with E-state index in [1.54, 1.807) is 24.6 Å². The molecular formula is C19H23N5OS. The van der Waals surface area contributed by atoms with E-state index >= 15 is 0 Å². The van der Waals surface area contributed by atoms with Crippen LogP contribution in [0.1, 0.15) is 36.4 Å². The Hall–Kier alpha value is -2.67. The van der Waals surface area contributed by atoms with Crippen LogP contribution in [0.2, 0.25) is 0 Å². The van der Waals surface area contributed by atoms with Crippen LogP contribution in [0.25, 0.3) is 11.3 Å². The molecule has 3 rings (SSSR count). The number of nitrogens with zero attached hydrogens (tertiary/aromatic N) is 3. The molecule has 1 aromatic carbocycles. The lowest BCUT2D eigenvalue weighted by Crippen LogP contribution is -2.36. The first kappa shape index (κ1) is 18.1. The molecule has 0 fully saturated rings. The van der Waals surface area contributed by atoms with Gasteiger partial charge in [0.1, 0.15) is 5.01 Å². The minimum atomic E-state index is 0.446. The van der Waals surface area contributed by atoms with E-state index in [0.29, 0.717) is 30.9 Å². The van der Waals surface area contributed by atoms with Gasteiger partial charge in [-0.15, -0.1) is 11.3 Å². The van der Waals surface area contributed by atoms with Crippen LogP contribution < -0.4 is 10.6 Å². The molecule has 3 aromatic rings. The third-order valence-electron chi connectivity index (χ3n) is 3.81. The van der Waals surface area contributed by atoms with Crippen molar-refractivity contribution in [1.29, 1.82) is 0 Å². The first-order chi connectivity index (χ1) is 12.7. The summed E-state index contributed by atoms with van der Waals surface area (Å²) in [5.41, 5.74) is 2.14.